The first-order valence-corrected chi connectivity index (χ1v) is 6.53. The number of hydrogen-bond acceptors (Lipinski definition) is 1. The van der Waals surface area contributed by atoms with Gasteiger partial charge in [0, 0.05) is 0 Å². The van der Waals surface area contributed by atoms with Crippen LogP contribution in [-0.4, -0.2) is 19.3 Å². The van der Waals surface area contributed by atoms with E-state index in [4.69, 9.17) is 9.07 Å². The maximum absolute atomic E-state index is 5.64. The van der Waals surface area contributed by atoms with Crippen molar-refractivity contribution in [3.05, 3.63) is 22.4 Å². The normalized spacial score (nSPS) is 8.62. The zero-order valence-electron chi connectivity index (χ0n) is 4.43. The SMILES string of the molecule is [Cl][Mg][CH2]c1cccs1. The Balaban J connectivity index is 2.50. The molecule has 0 unspecified atom stereocenters. The standard InChI is InChI=1S/C5H5S.ClH.Mg/c1-5-3-2-4-6-5;;/h2-4H,1H2;1H;/q;;+1/p-1. The van der Waals surface area contributed by atoms with E-state index >= 15 is 0 Å². The average molecular weight is 157 g/mol. The second-order valence-electron chi connectivity index (χ2n) is 1.52. The van der Waals surface area contributed by atoms with Crippen LogP contribution in [0, 0.1) is 0 Å². The van der Waals surface area contributed by atoms with Crippen LogP contribution in [-0.2, 0) is 4.55 Å². The molecule has 0 saturated heterocycles. The van der Waals surface area contributed by atoms with E-state index in [1.807, 2.05) is 0 Å². The van der Waals surface area contributed by atoms with Crippen molar-refractivity contribution in [2.75, 3.05) is 0 Å². The van der Waals surface area contributed by atoms with Crippen LogP contribution in [0.3, 0.4) is 0 Å². The van der Waals surface area contributed by atoms with Crippen LogP contribution in [0.15, 0.2) is 17.5 Å². The van der Waals surface area contributed by atoms with E-state index in [1.54, 1.807) is 11.3 Å². The summed E-state index contributed by atoms with van der Waals surface area (Å²) in [5.41, 5.74) is 0. The van der Waals surface area contributed by atoms with Crippen molar-refractivity contribution < 1.29 is 0 Å². The van der Waals surface area contributed by atoms with Gasteiger partial charge in [-0.05, 0) is 10.3 Å². The molecule has 0 saturated carbocycles. The van der Waals surface area contributed by atoms with Gasteiger partial charge in [0.2, 0.25) is 0 Å². The lowest BCUT2D eigenvalue weighted by atomic mass is 10.5. The molecule has 0 aliphatic carbocycles. The monoisotopic (exact) mass is 156 g/mol. The predicted molar refractivity (Wildman–Crippen MR) is 39.6 cm³/mol. The van der Waals surface area contributed by atoms with Crippen molar-refractivity contribution in [2.24, 2.45) is 0 Å². The Morgan fingerprint density at radius 1 is 1.75 bits per heavy atom. The summed E-state index contributed by atoms with van der Waals surface area (Å²) < 4.78 is 1.15. The molecule has 1 aromatic rings. The van der Waals surface area contributed by atoms with E-state index in [1.165, 1.54) is 4.88 Å². The Bertz CT molecular complexity index is 138. The molecule has 0 amide bonds. The van der Waals surface area contributed by atoms with Gasteiger partial charge in [-0.2, -0.15) is 11.3 Å². The predicted octanol–water partition coefficient (Wildman–Crippen LogP) is 2.11. The average Bonchev–Trinajstić information content (AvgIpc) is 2.19. The first-order chi connectivity index (χ1) is 3.93. The Kier molecular flexibility index (Phi) is 3.19. The molecule has 1 heterocycles. The third-order valence-corrected chi connectivity index (χ3v) is 3.51. The van der Waals surface area contributed by atoms with E-state index in [0.717, 1.165) is 4.55 Å². The van der Waals surface area contributed by atoms with Crippen molar-refractivity contribution >= 4 is 39.7 Å². The second kappa shape index (κ2) is 3.72. The molecule has 0 N–H and O–H groups in total. The first kappa shape index (κ1) is 6.87. The lowest BCUT2D eigenvalue weighted by molar-refractivity contribution is 1.52. The molecule has 8 heavy (non-hydrogen) atoms. The van der Waals surface area contributed by atoms with E-state index in [0.29, 0.717) is 0 Å². The fourth-order valence-electron chi connectivity index (χ4n) is 0.548. The van der Waals surface area contributed by atoms with Gasteiger partial charge in [0.25, 0.3) is 0 Å². The molecule has 3 heteroatoms. The molecule has 0 aliphatic heterocycles. The van der Waals surface area contributed by atoms with E-state index in [2.05, 4.69) is 17.5 Å². The Morgan fingerprint density at radius 3 is 3.12 bits per heavy atom. The second-order valence-corrected chi connectivity index (χ2v) is 4.56. The Labute approximate surface area is 66.4 Å². The molecule has 0 bridgehead atoms. The summed E-state index contributed by atoms with van der Waals surface area (Å²) in [7, 11) is 5.64. The minimum Gasteiger partial charge on any atom is -0.345 e. The summed E-state index contributed by atoms with van der Waals surface area (Å²) in [5, 5.41) is 2.09. The Hall–Kier alpha value is 0.756. The quantitative estimate of drug-likeness (QED) is 0.576. The number of halogens is 1. The number of thiophene rings is 1. The fraction of sp³-hybridized carbons (Fsp3) is 0.200. The summed E-state index contributed by atoms with van der Waals surface area (Å²) in [6.07, 6.45) is 0. The topological polar surface area (TPSA) is 0 Å². The van der Waals surface area contributed by atoms with E-state index in [-0.39, 0.29) is 19.3 Å². The van der Waals surface area contributed by atoms with Crippen LogP contribution in [0.2, 0.25) is 0 Å². The minimum absolute atomic E-state index is 0.272. The third kappa shape index (κ3) is 1.93. The van der Waals surface area contributed by atoms with Crippen LogP contribution >= 0.6 is 20.4 Å². The summed E-state index contributed by atoms with van der Waals surface area (Å²) in [6.45, 7) is 0. The van der Waals surface area contributed by atoms with Crippen molar-refractivity contribution in [1.29, 1.82) is 0 Å². The van der Waals surface area contributed by atoms with Crippen LogP contribution in [0.25, 0.3) is 0 Å². The van der Waals surface area contributed by atoms with Gasteiger partial charge < -0.3 is 9.07 Å². The molecule has 0 atom stereocenters. The summed E-state index contributed by atoms with van der Waals surface area (Å²) in [4.78, 5) is 1.44. The first-order valence-electron chi connectivity index (χ1n) is 2.52. The van der Waals surface area contributed by atoms with Gasteiger partial charge in [0.05, 0.1) is 0 Å². The van der Waals surface area contributed by atoms with Gasteiger partial charge in [-0.3, -0.25) is 0 Å². The molecular weight excluding hydrogens is 152 g/mol. The molecule has 1 rings (SSSR count). The largest absolute Gasteiger partial charge is 0.506 e. The smallest absolute Gasteiger partial charge is 0.345 e. The van der Waals surface area contributed by atoms with E-state index in [9.17, 15) is 0 Å². The highest BCUT2D eigenvalue weighted by atomic mass is 35.5. The van der Waals surface area contributed by atoms with Crippen molar-refractivity contribution in [2.45, 2.75) is 4.55 Å². The van der Waals surface area contributed by atoms with Crippen LogP contribution in [0.1, 0.15) is 4.88 Å². The minimum atomic E-state index is -0.272. The van der Waals surface area contributed by atoms with Gasteiger partial charge in [-0.1, -0.05) is 16.7 Å². The summed E-state index contributed by atoms with van der Waals surface area (Å²) in [6, 6.07) is 4.21. The highest BCUT2D eigenvalue weighted by Gasteiger charge is 1.93. The van der Waals surface area contributed by atoms with Crippen molar-refractivity contribution in [3.8, 4) is 0 Å². The van der Waals surface area contributed by atoms with Crippen LogP contribution in [0.5, 0.6) is 0 Å². The highest BCUT2D eigenvalue weighted by Crippen LogP contribution is 2.08. The maximum atomic E-state index is 5.64. The van der Waals surface area contributed by atoms with Crippen molar-refractivity contribution in [1.82, 2.24) is 0 Å². The maximum Gasteiger partial charge on any atom is 0.506 e. The summed E-state index contributed by atoms with van der Waals surface area (Å²) >= 11 is 1.53. The molecule has 0 nitrogen and oxygen atoms in total. The van der Waals surface area contributed by atoms with Gasteiger partial charge in [-0.15, -0.1) is 0 Å². The van der Waals surface area contributed by atoms with Crippen LogP contribution < -0.4 is 0 Å². The molecular formula is C5H5ClMgS. The fourth-order valence-corrected chi connectivity index (χ4v) is 3.11. The van der Waals surface area contributed by atoms with Gasteiger partial charge in [0.15, 0.2) is 0 Å². The third-order valence-electron chi connectivity index (χ3n) is 0.921. The number of hydrogen-bond donors (Lipinski definition) is 0. The highest BCUT2D eigenvalue weighted by molar-refractivity contribution is 7.10. The molecule has 0 aliphatic rings. The lowest BCUT2D eigenvalue weighted by Gasteiger charge is -1.82. The Morgan fingerprint density at radius 2 is 2.62 bits per heavy atom. The molecule has 0 aromatic carbocycles. The lowest BCUT2D eigenvalue weighted by Crippen LogP contribution is -1.81. The van der Waals surface area contributed by atoms with Crippen LogP contribution in [0.4, 0.5) is 0 Å². The molecule has 40 valence electrons. The molecule has 0 spiro atoms. The van der Waals surface area contributed by atoms with Crippen molar-refractivity contribution in [3.63, 3.8) is 0 Å². The molecule has 0 radical (unpaired) electrons. The summed E-state index contributed by atoms with van der Waals surface area (Å²) in [5.74, 6) is 0. The zero-order chi connectivity index (χ0) is 5.82. The van der Waals surface area contributed by atoms with Gasteiger partial charge in [0.1, 0.15) is 0 Å². The van der Waals surface area contributed by atoms with E-state index < -0.39 is 0 Å². The molecule has 1 aromatic heterocycles. The van der Waals surface area contributed by atoms with Gasteiger partial charge >= 0.3 is 19.3 Å². The van der Waals surface area contributed by atoms with Gasteiger partial charge in [-0.25, -0.2) is 0 Å². The number of rotatable bonds is 2. The zero-order valence-corrected chi connectivity index (χ0v) is 7.42. The molecule has 0 fully saturated rings.